The third-order valence-corrected chi connectivity index (χ3v) is 5.52. The van der Waals surface area contributed by atoms with E-state index in [9.17, 15) is 9.59 Å². The lowest BCUT2D eigenvalue weighted by atomic mass is 10.0. The lowest BCUT2D eigenvalue weighted by Gasteiger charge is -2.16. The highest BCUT2D eigenvalue weighted by Gasteiger charge is 2.39. The number of nitrogens with one attached hydrogen (secondary N) is 1. The molecule has 0 saturated heterocycles. The van der Waals surface area contributed by atoms with Gasteiger partial charge in [0.15, 0.2) is 0 Å². The van der Waals surface area contributed by atoms with Crippen LogP contribution in [-0.4, -0.2) is 36.9 Å². The van der Waals surface area contributed by atoms with E-state index in [0.29, 0.717) is 16.9 Å². The lowest BCUT2D eigenvalue weighted by molar-refractivity contribution is -0.137. The number of rotatable bonds is 8. The van der Waals surface area contributed by atoms with Crippen molar-refractivity contribution < 1.29 is 14.3 Å². The molecule has 0 aromatic heterocycles. The molecule has 0 fully saturated rings. The van der Waals surface area contributed by atoms with Gasteiger partial charge >= 0.3 is 0 Å². The third-order valence-electron chi connectivity index (χ3n) is 5.52. The number of ether oxygens (including phenoxy) is 1. The van der Waals surface area contributed by atoms with Crippen LogP contribution in [-0.2, 0) is 16.1 Å². The molecule has 1 heterocycles. The molecule has 0 radical (unpaired) electrons. The minimum absolute atomic E-state index is 0.0449. The van der Waals surface area contributed by atoms with Crippen molar-refractivity contribution in [2.75, 3.05) is 24.3 Å². The molecule has 0 spiro atoms. The molecule has 2 amide bonds. The zero-order valence-corrected chi connectivity index (χ0v) is 19.9. The first kappa shape index (κ1) is 23.1. The van der Waals surface area contributed by atoms with Gasteiger partial charge in [0.25, 0.3) is 11.8 Å². The maximum Gasteiger partial charge on any atom is 0.278 e. The monoisotopic (exact) mass is 455 g/mol. The number of nitrogens with zero attached hydrogens (tertiary/aromatic N) is 2. The van der Waals surface area contributed by atoms with Crippen LogP contribution in [0.1, 0.15) is 25.0 Å². The number of amides is 2. The molecule has 3 aromatic carbocycles. The average Bonchev–Trinajstić information content (AvgIpc) is 3.04. The highest BCUT2D eigenvalue weighted by atomic mass is 16.5. The van der Waals surface area contributed by atoms with Gasteiger partial charge in [-0.15, -0.1) is 0 Å². The molecule has 6 nitrogen and oxygen atoms in total. The topological polar surface area (TPSA) is 61.9 Å². The van der Waals surface area contributed by atoms with Crippen LogP contribution in [0.5, 0.6) is 5.75 Å². The summed E-state index contributed by atoms with van der Waals surface area (Å²) in [6.07, 6.45) is 0.0449. The SMILES string of the molecule is CC(C)Oc1ccc(C2=C(Nc3ccc(N(C)C)cc3)C(=O)N(Cc3ccccc3)C2=O)cc1. The van der Waals surface area contributed by atoms with Gasteiger partial charge in [0, 0.05) is 25.5 Å². The Labute approximate surface area is 200 Å². The fraction of sp³-hybridized carbons (Fsp3) is 0.214. The van der Waals surface area contributed by atoms with Gasteiger partial charge in [-0.25, -0.2) is 0 Å². The zero-order valence-electron chi connectivity index (χ0n) is 19.9. The summed E-state index contributed by atoms with van der Waals surface area (Å²) in [6.45, 7) is 4.13. The van der Waals surface area contributed by atoms with E-state index in [2.05, 4.69) is 5.32 Å². The first-order valence-electron chi connectivity index (χ1n) is 11.3. The zero-order chi connectivity index (χ0) is 24.2. The number of hydrogen-bond acceptors (Lipinski definition) is 5. The summed E-state index contributed by atoms with van der Waals surface area (Å²) in [7, 11) is 3.94. The molecule has 1 aliphatic heterocycles. The van der Waals surface area contributed by atoms with Crippen LogP contribution in [0.25, 0.3) is 5.57 Å². The van der Waals surface area contributed by atoms with Gasteiger partial charge in [0.2, 0.25) is 0 Å². The Balaban J connectivity index is 1.69. The number of anilines is 2. The van der Waals surface area contributed by atoms with Crippen LogP contribution in [0.3, 0.4) is 0 Å². The Bertz CT molecular complexity index is 1200. The molecular weight excluding hydrogens is 426 g/mol. The van der Waals surface area contributed by atoms with Crippen molar-refractivity contribution in [3.8, 4) is 5.75 Å². The molecule has 0 bridgehead atoms. The van der Waals surface area contributed by atoms with Gasteiger partial charge in [0.1, 0.15) is 11.4 Å². The molecule has 0 aliphatic carbocycles. The number of hydrogen-bond donors (Lipinski definition) is 1. The maximum absolute atomic E-state index is 13.5. The second-order valence-corrected chi connectivity index (χ2v) is 8.69. The van der Waals surface area contributed by atoms with Gasteiger partial charge in [-0.1, -0.05) is 42.5 Å². The molecule has 174 valence electrons. The summed E-state index contributed by atoms with van der Waals surface area (Å²) in [5, 5.41) is 3.22. The minimum Gasteiger partial charge on any atom is -0.491 e. The van der Waals surface area contributed by atoms with E-state index < -0.39 is 0 Å². The van der Waals surface area contributed by atoms with Crippen molar-refractivity contribution in [3.05, 3.63) is 95.7 Å². The van der Waals surface area contributed by atoms with E-state index in [0.717, 1.165) is 16.9 Å². The Morgan fingerprint density at radius 2 is 1.50 bits per heavy atom. The summed E-state index contributed by atoms with van der Waals surface area (Å²) in [5.41, 5.74) is 3.96. The largest absolute Gasteiger partial charge is 0.491 e. The highest BCUT2D eigenvalue weighted by molar-refractivity contribution is 6.36. The van der Waals surface area contributed by atoms with Crippen molar-refractivity contribution in [1.82, 2.24) is 4.90 Å². The fourth-order valence-electron chi connectivity index (χ4n) is 3.83. The number of carbonyl (C=O) groups is 2. The number of imide groups is 1. The molecule has 3 aromatic rings. The molecule has 6 heteroatoms. The summed E-state index contributed by atoms with van der Waals surface area (Å²) < 4.78 is 5.73. The summed E-state index contributed by atoms with van der Waals surface area (Å²) >= 11 is 0. The van der Waals surface area contributed by atoms with Crippen LogP contribution in [0.15, 0.2) is 84.6 Å². The van der Waals surface area contributed by atoms with Gasteiger partial charge in [0.05, 0.1) is 18.2 Å². The van der Waals surface area contributed by atoms with E-state index in [1.54, 1.807) is 0 Å². The Kier molecular flexibility index (Phi) is 6.68. The Morgan fingerprint density at radius 1 is 0.853 bits per heavy atom. The summed E-state index contributed by atoms with van der Waals surface area (Å²) in [4.78, 5) is 30.2. The number of benzene rings is 3. The van der Waals surface area contributed by atoms with E-state index >= 15 is 0 Å². The van der Waals surface area contributed by atoms with E-state index in [-0.39, 0.29) is 30.2 Å². The average molecular weight is 456 g/mol. The minimum atomic E-state index is -0.344. The van der Waals surface area contributed by atoms with Crippen LogP contribution >= 0.6 is 0 Å². The third kappa shape index (κ3) is 4.96. The van der Waals surface area contributed by atoms with Gasteiger partial charge < -0.3 is 15.0 Å². The van der Waals surface area contributed by atoms with Crippen LogP contribution in [0, 0.1) is 0 Å². The van der Waals surface area contributed by atoms with Crippen molar-refractivity contribution in [2.24, 2.45) is 0 Å². The second-order valence-electron chi connectivity index (χ2n) is 8.69. The molecule has 0 unspecified atom stereocenters. The first-order valence-corrected chi connectivity index (χ1v) is 11.3. The molecule has 1 N–H and O–H groups in total. The van der Waals surface area contributed by atoms with Crippen LogP contribution < -0.4 is 15.0 Å². The Morgan fingerprint density at radius 3 is 2.09 bits per heavy atom. The van der Waals surface area contributed by atoms with E-state index in [1.165, 1.54) is 4.90 Å². The van der Waals surface area contributed by atoms with Gasteiger partial charge in [-0.2, -0.15) is 0 Å². The quantitative estimate of drug-likeness (QED) is 0.488. The standard InChI is InChI=1S/C28H29N3O3/c1-19(2)34-24-16-10-21(11-17-24)25-26(29-22-12-14-23(15-13-22)30(3)4)28(33)31(27(25)32)18-20-8-6-5-7-9-20/h5-17,19,29H,18H2,1-4H3. The van der Waals surface area contributed by atoms with Gasteiger partial charge in [-0.05, 0) is 61.4 Å². The Hall–Kier alpha value is -4.06. The normalized spacial score (nSPS) is 13.6. The predicted molar refractivity (Wildman–Crippen MR) is 136 cm³/mol. The van der Waals surface area contributed by atoms with E-state index in [4.69, 9.17) is 4.74 Å². The molecule has 4 rings (SSSR count). The van der Waals surface area contributed by atoms with Crippen molar-refractivity contribution >= 4 is 28.8 Å². The van der Waals surface area contributed by atoms with Crippen LogP contribution in [0.4, 0.5) is 11.4 Å². The van der Waals surface area contributed by atoms with Gasteiger partial charge in [-0.3, -0.25) is 14.5 Å². The highest BCUT2D eigenvalue weighted by Crippen LogP contribution is 2.32. The molecule has 0 atom stereocenters. The number of carbonyl (C=O) groups excluding carboxylic acids is 2. The molecule has 1 aliphatic rings. The molecule has 34 heavy (non-hydrogen) atoms. The first-order chi connectivity index (χ1) is 16.3. The summed E-state index contributed by atoms with van der Waals surface area (Å²) in [5.74, 6) is 0.0490. The molecule has 0 saturated carbocycles. The van der Waals surface area contributed by atoms with Crippen molar-refractivity contribution in [1.29, 1.82) is 0 Å². The molecular formula is C28H29N3O3. The fourth-order valence-corrected chi connectivity index (χ4v) is 3.83. The smallest absolute Gasteiger partial charge is 0.278 e. The van der Waals surface area contributed by atoms with Crippen molar-refractivity contribution in [3.63, 3.8) is 0 Å². The maximum atomic E-state index is 13.5. The summed E-state index contributed by atoms with van der Waals surface area (Å²) in [6, 6.07) is 24.5. The predicted octanol–water partition coefficient (Wildman–Crippen LogP) is 4.93. The van der Waals surface area contributed by atoms with Crippen molar-refractivity contribution in [2.45, 2.75) is 26.5 Å². The lowest BCUT2D eigenvalue weighted by Crippen LogP contribution is -2.31. The van der Waals surface area contributed by atoms with E-state index in [1.807, 2.05) is 112 Å². The second kappa shape index (κ2) is 9.83. The van der Waals surface area contributed by atoms with Crippen LogP contribution in [0.2, 0.25) is 0 Å².